The van der Waals surface area contributed by atoms with E-state index in [0.29, 0.717) is 24.2 Å². The Morgan fingerprint density at radius 3 is 2.30 bits per heavy atom. The van der Waals surface area contributed by atoms with Gasteiger partial charge in [0.25, 0.3) is 5.69 Å². The number of benzene rings is 1. The second-order valence-corrected chi connectivity index (χ2v) is 9.81. The largest absolute Gasteiger partial charge is 0.343 e. The first kappa shape index (κ1) is 17.2. The molecule has 0 N–H and O–H groups in total. The predicted molar refractivity (Wildman–Crippen MR) is 102 cm³/mol. The fourth-order valence-corrected chi connectivity index (χ4v) is 7.33. The zero-order chi connectivity index (χ0) is 18.6. The van der Waals surface area contributed by atoms with Crippen molar-refractivity contribution in [2.75, 3.05) is 13.1 Å². The molecule has 1 amide bonds. The summed E-state index contributed by atoms with van der Waals surface area (Å²) in [7, 11) is 0. The van der Waals surface area contributed by atoms with Gasteiger partial charge in [0, 0.05) is 31.6 Å². The van der Waals surface area contributed by atoms with E-state index in [1.54, 1.807) is 12.1 Å². The van der Waals surface area contributed by atoms with Crippen molar-refractivity contribution in [3.8, 4) is 0 Å². The van der Waals surface area contributed by atoms with Crippen molar-refractivity contribution in [3.63, 3.8) is 0 Å². The molecule has 6 rings (SSSR count). The summed E-state index contributed by atoms with van der Waals surface area (Å²) in [5, 5.41) is 11.0. The molecule has 0 spiro atoms. The summed E-state index contributed by atoms with van der Waals surface area (Å²) < 4.78 is 0. The number of amides is 1. The van der Waals surface area contributed by atoms with Crippen LogP contribution in [0.3, 0.4) is 0 Å². The lowest BCUT2D eigenvalue weighted by Gasteiger charge is -2.62. The van der Waals surface area contributed by atoms with E-state index >= 15 is 0 Å². The number of carbonyl (C=O) groups is 1. The van der Waals surface area contributed by atoms with Gasteiger partial charge in [0.15, 0.2) is 0 Å². The van der Waals surface area contributed by atoms with Crippen molar-refractivity contribution >= 4 is 11.6 Å². The number of hydrogen-bond donors (Lipinski definition) is 0. The lowest BCUT2D eigenvalue weighted by Crippen LogP contribution is -2.55. The van der Waals surface area contributed by atoms with Gasteiger partial charge < -0.3 is 4.90 Å². The Bertz CT molecular complexity index is 752. The summed E-state index contributed by atoms with van der Waals surface area (Å²) in [4.78, 5) is 25.7. The molecule has 1 saturated heterocycles. The van der Waals surface area contributed by atoms with E-state index in [4.69, 9.17) is 0 Å². The Morgan fingerprint density at radius 1 is 1.07 bits per heavy atom. The maximum absolute atomic E-state index is 12.9. The van der Waals surface area contributed by atoms with E-state index < -0.39 is 0 Å². The second-order valence-electron chi connectivity index (χ2n) is 9.81. The summed E-state index contributed by atoms with van der Waals surface area (Å²) in [5.41, 5.74) is 1.72. The Labute approximate surface area is 160 Å². The molecule has 4 aliphatic carbocycles. The third-order valence-corrected chi connectivity index (χ3v) is 7.86. The van der Waals surface area contributed by atoms with Crippen molar-refractivity contribution in [2.24, 2.45) is 17.3 Å². The number of non-ortho nitro benzene ring substituents is 1. The van der Waals surface area contributed by atoms with Gasteiger partial charge in [-0.05, 0) is 79.6 Å². The quantitative estimate of drug-likeness (QED) is 0.583. The van der Waals surface area contributed by atoms with E-state index in [9.17, 15) is 14.9 Å². The highest BCUT2D eigenvalue weighted by molar-refractivity contribution is 5.77. The molecule has 4 saturated carbocycles. The van der Waals surface area contributed by atoms with Gasteiger partial charge in [0.05, 0.1) is 4.92 Å². The van der Waals surface area contributed by atoms with Gasteiger partial charge in [-0.2, -0.15) is 0 Å². The zero-order valence-corrected chi connectivity index (χ0v) is 15.9. The van der Waals surface area contributed by atoms with Gasteiger partial charge in [-0.3, -0.25) is 14.9 Å². The summed E-state index contributed by atoms with van der Waals surface area (Å²) >= 11 is 0. The topological polar surface area (TPSA) is 63.4 Å². The molecule has 0 radical (unpaired) electrons. The van der Waals surface area contributed by atoms with E-state index in [0.717, 1.165) is 32.4 Å². The highest BCUT2D eigenvalue weighted by Crippen LogP contribution is 2.66. The van der Waals surface area contributed by atoms with Gasteiger partial charge in [0.2, 0.25) is 5.91 Å². The smallest absolute Gasteiger partial charge is 0.269 e. The first-order valence-electron chi connectivity index (χ1n) is 10.5. The van der Waals surface area contributed by atoms with Crippen LogP contribution in [0.2, 0.25) is 0 Å². The van der Waals surface area contributed by atoms with Crippen LogP contribution in [-0.2, 0) is 10.2 Å². The standard InChI is InChI=1S/C22H28N2O3/c25-20(23-7-1-2-8-23)14-21-10-16-9-17(11-21)13-22(12-16,15-21)18-3-5-19(6-4-18)24(26)27/h3-6,16-17H,1-2,7-15H2. The van der Waals surface area contributed by atoms with Crippen molar-refractivity contribution < 1.29 is 9.72 Å². The van der Waals surface area contributed by atoms with Gasteiger partial charge in [-0.1, -0.05) is 12.1 Å². The van der Waals surface area contributed by atoms with Crippen LogP contribution >= 0.6 is 0 Å². The van der Waals surface area contributed by atoms with Crippen molar-refractivity contribution in [3.05, 3.63) is 39.9 Å². The minimum absolute atomic E-state index is 0.129. The van der Waals surface area contributed by atoms with Gasteiger partial charge >= 0.3 is 0 Å². The van der Waals surface area contributed by atoms with Gasteiger partial charge in [-0.15, -0.1) is 0 Å². The van der Waals surface area contributed by atoms with Crippen LogP contribution in [0, 0.1) is 27.4 Å². The molecule has 27 heavy (non-hydrogen) atoms. The molecule has 1 heterocycles. The molecule has 0 aromatic heterocycles. The molecule has 2 atom stereocenters. The maximum Gasteiger partial charge on any atom is 0.269 e. The number of likely N-dealkylation sites (tertiary alicyclic amines) is 1. The fourth-order valence-electron chi connectivity index (χ4n) is 7.33. The summed E-state index contributed by atoms with van der Waals surface area (Å²) in [5.74, 6) is 1.80. The Hall–Kier alpha value is -1.91. The molecular weight excluding hydrogens is 340 g/mol. The van der Waals surface area contributed by atoms with E-state index in [2.05, 4.69) is 4.90 Å². The number of rotatable bonds is 4. The van der Waals surface area contributed by atoms with E-state index in [-0.39, 0.29) is 21.4 Å². The SMILES string of the molecule is O=C(CC12CC3CC(C1)CC(c1ccc([N+](=O)[O-])cc1)(C3)C2)N1CCCC1. The maximum atomic E-state index is 12.9. The number of nitrogens with zero attached hydrogens (tertiary/aromatic N) is 2. The molecule has 5 heteroatoms. The van der Waals surface area contributed by atoms with Crippen LogP contribution in [-0.4, -0.2) is 28.8 Å². The number of nitro benzene ring substituents is 1. The molecule has 144 valence electrons. The van der Waals surface area contributed by atoms with Crippen LogP contribution < -0.4 is 0 Å². The summed E-state index contributed by atoms with van der Waals surface area (Å²) in [6, 6.07) is 7.30. The van der Waals surface area contributed by atoms with Crippen LogP contribution in [0.4, 0.5) is 5.69 Å². The second kappa shape index (κ2) is 6.05. The molecule has 2 unspecified atom stereocenters. The van der Waals surface area contributed by atoms with E-state index in [1.165, 1.54) is 37.7 Å². The number of hydrogen-bond acceptors (Lipinski definition) is 3. The molecule has 4 bridgehead atoms. The molecule has 1 aromatic rings. The Kier molecular flexibility index (Phi) is 3.85. The monoisotopic (exact) mass is 368 g/mol. The fraction of sp³-hybridized carbons (Fsp3) is 0.682. The van der Waals surface area contributed by atoms with Crippen LogP contribution in [0.15, 0.2) is 24.3 Å². The normalized spacial score (nSPS) is 37.0. The minimum atomic E-state index is -0.320. The van der Waals surface area contributed by atoms with Gasteiger partial charge in [0.1, 0.15) is 0 Å². The van der Waals surface area contributed by atoms with Crippen molar-refractivity contribution in [1.82, 2.24) is 4.90 Å². The lowest BCUT2D eigenvalue weighted by atomic mass is 9.42. The molecule has 1 aromatic carbocycles. The number of carbonyl (C=O) groups excluding carboxylic acids is 1. The average molecular weight is 368 g/mol. The zero-order valence-electron chi connectivity index (χ0n) is 15.9. The molecule has 5 fully saturated rings. The summed E-state index contributed by atoms with van der Waals surface area (Å²) in [6.07, 6.45) is 10.2. The molecule has 1 aliphatic heterocycles. The molecule has 5 aliphatic rings. The summed E-state index contributed by atoms with van der Waals surface area (Å²) in [6.45, 7) is 1.88. The minimum Gasteiger partial charge on any atom is -0.343 e. The lowest BCUT2D eigenvalue weighted by molar-refractivity contribution is -0.384. The Balaban J connectivity index is 1.43. The first-order valence-corrected chi connectivity index (χ1v) is 10.5. The average Bonchev–Trinajstić information content (AvgIpc) is 3.15. The van der Waals surface area contributed by atoms with Crippen LogP contribution in [0.5, 0.6) is 0 Å². The Morgan fingerprint density at radius 2 is 1.70 bits per heavy atom. The van der Waals surface area contributed by atoms with Crippen molar-refractivity contribution in [2.45, 2.75) is 63.2 Å². The van der Waals surface area contributed by atoms with Gasteiger partial charge in [-0.25, -0.2) is 0 Å². The molecule has 5 nitrogen and oxygen atoms in total. The third-order valence-electron chi connectivity index (χ3n) is 7.86. The van der Waals surface area contributed by atoms with Crippen LogP contribution in [0.25, 0.3) is 0 Å². The van der Waals surface area contributed by atoms with Crippen molar-refractivity contribution in [1.29, 1.82) is 0 Å². The molecular formula is C22H28N2O3. The van der Waals surface area contributed by atoms with Crippen LogP contribution in [0.1, 0.15) is 63.4 Å². The first-order chi connectivity index (χ1) is 13.0. The third kappa shape index (κ3) is 2.86. The number of nitro groups is 1. The predicted octanol–water partition coefficient (Wildman–Crippen LogP) is 4.45. The van der Waals surface area contributed by atoms with E-state index in [1.807, 2.05) is 12.1 Å². The highest BCUT2D eigenvalue weighted by Gasteiger charge is 2.58. The highest BCUT2D eigenvalue weighted by atomic mass is 16.6.